The van der Waals surface area contributed by atoms with Crippen molar-refractivity contribution in [2.75, 3.05) is 7.11 Å². The lowest BCUT2D eigenvalue weighted by Crippen LogP contribution is -2.19. The third-order valence-corrected chi connectivity index (χ3v) is 4.53. The van der Waals surface area contributed by atoms with E-state index in [2.05, 4.69) is 26.3 Å². The number of benzene rings is 2. The van der Waals surface area contributed by atoms with Crippen molar-refractivity contribution in [3.63, 3.8) is 0 Å². The van der Waals surface area contributed by atoms with Gasteiger partial charge in [-0.05, 0) is 35.0 Å². The Kier molecular flexibility index (Phi) is 4.95. The van der Waals surface area contributed by atoms with Crippen LogP contribution in [0, 0.1) is 6.92 Å². The van der Waals surface area contributed by atoms with Crippen molar-refractivity contribution in [3.05, 3.63) is 58.5 Å². The molecule has 0 unspecified atom stereocenters. The number of aryl methyl sites for hydroxylation is 1. The molecule has 2 aromatic carbocycles. The minimum Gasteiger partial charge on any atom is -0.466 e. The fourth-order valence-corrected chi connectivity index (χ4v) is 3.10. The Balaban J connectivity index is 1.84. The van der Waals surface area contributed by atoms with E-state index in [0.717, 1.165) is 39.7 Å². The van der Waals surface area contributed by atoms with Gasteiger partial charge in [0.25, 0.3) is 5.91 Å². The SMILES string of the molecule is COC(=O)/C=C1/S/C(=N\N=Cc2c(C)ccc3ccccc23)NC1=O. The highest BCUT2D eigenvalue weighted by Gasteiger charge is 2.24. The number of hydrogen-bond acceptors (Lipinski definition) is 6. The molecule has 6 nitrogen and oxygen atoms in total. The lowest BCUT2D eigenvalue weighted by Gasteiger charge is -2.04. The van der Waals surface area contributed by atoms with E-state index in [-0.39, 0.29) is 4.91 Å². The molecule has 1 heterocycles. The fourth-order valence-electron chi connectivity index (χ4n) is 2.36. The van der Waals surface area contributed by atoms with Gasteiger partial charge in [-0.25, -0.2) is 4.79 Å². The number of amidine groups is 1. The van der Waals surface area contributed by atoms with Gasteiger partial charge in [0.05, 0.1) is 18.2 Å². The monoisotopic (exact) mass is 353 g/mol. The number of methoxy groups -OCH3 is 1. The van der Waals surface area contributed by atoms with Gasteiger partial charge in [0.2, 0.25) is 0 Å². The van der Waals surface area contributed by atoms with Gasteiger partial charge in [0.15, 0.2) is 5.17 Å². The molecule has 1 aliphatic rings. The molecule has 7 heteroatoms. The topological polar surface area (TPSA) is 80.1 Å². The Morgan fingerprint density at radius 3 is 2.84 bits per heavy atom. The van der Waals surface area contributed by atoms with E-state index in [9.17, 15) is 9.59 Å². The molecule has 1 saturated heterocycles. The number of fused-ring (bicyclic) bond motifs is 1. The molecule has 126 valence electrons. The molecule has 1 fully saturated rings. The van der Waals surface area contributed by atoms with Gasteiger partial charge >= 0.3 is 5.97 Å². The minimum absolute atomic E-state index is 0.224. The number of hydrogen-bond donors (Lipinski definition) is 1. The van der Waals surface area contributed by atoms with Crippen molar-refractivity contribution in [3.8, 4) is 0 Å². The highest BCUT2D eigenvalue weighted by atomic mass is 32.2. The summed E-state index contributed by atoms with van der Waals surface area (Å²) in [6.45, 7) is 2.00. The van der Waals surface area contributed by atoms with Crippen LogP contribution in [-0.4, -0.2) is 30.4 Å². The van der Waals surface area contributed by atoms with Gasteiger partial charge in [-0.1, -0.05) is 36.4 Å². The Morgan fingerprint density at radius 2 is 2.04 bits per heavy atom. The quantitative estimate of drug-likeness (QED) is 0.398. The second-order valence-electron chi connectivity index (χ2n) is 5.25. The average molecular weight is 353 g/mol. The molecule has 0 bridgehead atoms. The molecule has 0 aromatic heterocycles. The van der Waals surface area contributed by atoms with E-state index in [0.29, 0.717) is 5.17 Å². The van der Waals surface area contributed by atoms with Crippen molar-refractivity contribution in [1.82, 2.24) is 5.32 Å². The van der Waals surface area contributed by atoms with Crippen LogP contribution < -0.4 is 5.32 Å². The molecule has 0 saturated carbocycles. The maximum atomic E-state index is 11.8. The number of nitrogens with zero attached hydrogens (tertiary/aromatic N) is 2. The first-order valence-electron chi connectivity index (χ1n) is 7.46. The molecule has 25 heavy (non-hydrogen) atoms. The molecule has 0 spiro atoms. The van der Waals surface area contributed by atoms with Crippen LogP contribution >= 0.6 is 11.8 Å². The first kappa shape index (κ1) is 16.9. The van der Waals surface area contributed by atoms with Crippen LogP contribution in [0.2, 0.25) is 0 Å². The number of thioether (sulfide) groups is 1. The molecule has 1 aliphatic heterocycles. The first-order valence-corrected chi connectivity index (χ1v) is 8.28. The summed E-state index contributed by atoms with van der Waals surface area (Å²) in [5.74, 6) is -0.987. The van der Waals surface area contributed by atoms with Crippen LogP contribution in [0.1, 0.15) is 11.1 Å². The van der Waals surface area contributed by atoms with Crippen LogP contribution in [0.25, 0.3) is 10.8 Å². The fraction of sp³-hybridized carbons (Fsp3) is 0.111. The van der Waals surface area contributed by atoms with Gasteiger partial charge in [-0.2, -0.15) is 5.10 Å². The predicted octanol–water partition coefficient (Wildman–Crippen LogP) is 2.76. The standard InChI is InChI=1S/C18H15N3O3S/c1-11-7-8-12-5-3-4-6-13(12)14(11)10-19-21-18-20-17(23)15(25-18)9-16(22)24-2/h3-10H,1-2H3,(H,20,21,23)/b15-9+,19-10?. The first-order chi connectivity index (χ1) is 12.1. The number of carbonyl (C=O) groups excluding carboxylic acids is 2. The van der Waals surface area contributed by atoms with E-state index in [1.807, 2.05) is 37.3 Å². The minimum atomic E-state index is -0.589. The van der Waals surface area contributed by atoms with E-state index < -0.39 is 11.9 Å². The van der Waals surface area contributed by atoms with Crippen molar-refractivity contribution < 1.29 is 14.3 Å². The highest BCUT2D eigenvalue weighted by molar-refractivity contribution is 8.18. The number of rotatable bonds is 3. The van der Waals surface area contributed by atoms with Crippen LogP contribution in [0.5, 0.6) is 0 Å². The normalized spacial score (nSPS) is 17.6. The molecule has 0 atom stereocenters. The zero-order valence-corrected chi connectivity index (χ0v) is 14.5. The third kappa shape index (κ3) is 3.77. The smallest absolute Gasteiger partial charge is 0.331 e. The molecule has 2 aromatic rings. The molecule has 0 aliphatic carbocycles. The Labute approximate surface area is 148 Å². The number of amides is 1. The molecule has 1 N–H and O–H groups in total. The van der Waals surface area contributed by atoms with Gasteiger partial charge in [0.1, 0.15) is 0 Å². The summed E-state index contributed by atoms with van der Waals surface area (Å²) in [5, 5.41) is 13.2. The molecular weight excluding hydrogens is 338 g/mol. The van der Waals surface area contributed by atoms with E-state index in [1.165, 1.54) is 7.11 Å². The Morgan fingerprint density at radius 1 is 1.24 bits per heavy atom. The summed E-state index contributed by atoms with van der Waals surface area (Å²) in [6.07, 6.45) is 2.79. The van der Waals surface area contributed by atoms with Crippen molar-refractivity contribution in [2.24, 2.45) is 10.2 Å². The van der Waals surface area contributed by atoms with Crippen molar-refractivity contribution >= 4 is 45.8 Å². The summed E-state index contributed by atoms with van der Waals surface area (Å²) in [5.41, 5.74) is 2.05. The Bertz CT molecular complexity index is 948. The second-order valence-corrected chi connectivity index (χ2v) is 6.29. The predicted molar refractivity (Wildman–Crippen MR) is 99.5 cm³/mol. The maximum absolute atomic E-state index is 11.8. The van der Waals surface area contributed by atoms with E-state index in [4.69, 9.17) is 0 Å². The summed E-state index contributed by atoms with van der Waals surface area (Å²) in [6, 6.07) is 12.1. The maximum Gasteiger partial charge on any atom is 0.331 e. The van der Waals surface area contributed by atoms with Gasteiger partial charge in [-0.3, -0.25) is 10.1 Å². The van der Waals surface area contributed by atoms with Crippen LogP contribution in [-0.2, 0) is 14.3 Å². The summed E-state index contributed by atoms with van der Waals surface area (Å²) < 4.78 is 4.51. The number of nitrogens with one attached hydrogen (secondary N) is 1. The average Bonchev–Trinajstić information content (AvgIpc) is 2.96. The Hall–Kier alpha value is -2.93. The van der Waals surface area contributed by atoms with Crippen LogP contribution in [0.4, 0.5) is 0 Å². The molecule has 1 amide bonds. The van der Waals surface area contributed by atoms with Crippen molar-refractivity contribution in [1.29, 1.82) is 0 Å². The van der Waals surface area contributed by atoms with Crippen LogP contribution in [0.3, 0.4) is 0 Å². The summed E-state index contributed by atoms with van der Waals surface area (Å²) in [4.78, 5) is 23.2. The largest absolute Gasteiger partial charge is 0.466 e. The van der Waals surface area contributed by atoms with E-state index >= 15 is 0 Å². The highest BCUT2D eigenvalue weighted by Crippen LogP contribution is 2.24. The van der Waals surface area contributed by atoms with Crippen molar-refractivity contribution in [2.45, 2.75) is 6.92 Å². The third-order valence-electron chi connectivity index (χ3n) is 3.63. The van der Waals surface area contributed by atoms with Gasteiger partial charge in [0, 0.05) is 11.6 Å². The summed E-state index contributed by atoms with van der Waals surface area (Å²) in [7, 11) is 1.25. The zero-order chi connectivity index (χ0) is 17.8. The molecule has 0 radical (unpaired) electrons. The lowest BCUT2D eigenvalue weighted by molar-refractivity contribution is -0.135. The molecular formula is C18H15N3O3S. The number of ether oxygens (including phenoxy) is 1. The number of carbonyl (C=O) groups is 2. The zero-order valence-electron chi connectivity index (χ0n) is 13.6. The van der Waals surface area contributed by atoms with E-state index in [1.54, 1.807) is 6.21 Å². The summed E-state index contributed by atoms with van der Waals surface area (Å²) >= 11 is 1.04. The second kappa shape index (κ2) is 7.31. The number of esters is 1. The lowest BCUT2D eigenvalue weighted by atomic mass is 10.0. The van der Waals surface area contributed by atoms with Gasteiger partial charge in [-0.15, -0.1) is 5.10 Å². The molecule has 3 rings (SSSR count). The van der Waals surface area contributed by atoms with Gasteiger partial charge < -0.3 is 4.74 Å². The van der Waals surface area contributed by atoms with Crippen LogP contribution in [0.15, 0.2) is 57.6 Å².